The van der Waals surface area contributed by atoms with Crippen molar-refractivity contribution in [3.05, 3.63) is 59.9 Å². The van der Waals surface area contributed by atoms with Crippen LogP contribution < -0.4 is 5.73 Å². The van der Waals surface area contributed by atoms with Gasteiger partial charge in [0.25, 0.3) is 0 Å². The molecule has 0 bridgehead atoms. The fraction of sp³-hybridized carbons (Fsp3) is 0.125. The maximum absolute atomic E-state index is 5.59. The summed E-state index contributed by atoms with van der Waals surface area (Å²) in [4.78, 5) is 4.26. The van der Waals surface area contributed by atoms with Gasteiger partial charge in [0.15, 0.2) is 5.76 Å². The van der Waals surface area contributed by atoms with Gasteiger partial charge in [-0.05, 0) is 24.6 Å². The second-order valence-corrected chi connectivity index (χ2v) is 4.67. The number of rotatable bonds is 3. The zero-order valence-corrected chi connectivity index (χ0v) is 11.2. The Hall–Kier alpha value is -2.46. The summed E-state index contributed by atoms with van der Waals surface area (Å²) < 4.78 is 5.39. The van der Waals surface area contributed by atoms with Gasteiger partial charge in [-0.3, -0.25) is 4.98 Å². The molecule has 3 aromatic rings. The van der Waals surface area contributed by atoms with E-state index >= 15 is 0 Å². The van der Waals surface area contributed by atoms with Crippen LogP contribution in [0.1, 0.15) is 11.3 Å². The minimum Gasteiger partial charge on any atom is -0.356 e. The van der Waals surface area contributed by atoms with Crippen molar-refractivity contribution in [1.82, 2.24) is 10.1 Å². The Kier molecular flexibility index (Phi) is 3.31. The van der Waals surface area contributed by atoms with Crippen LogP contribution in [0.15, 0.2) is 53.2 Å². The molecule has 0 radical (unpaired) electrons. The highest BCUT2D eigenvalue weighted by Gasteiger charge is 2.08. The Morgan fingerprint density at radius 2 is 1.80 bits per heavy atom. The van der Waals surface area contributed by atoms with E-state index in [2.05, 4.69) is 10.1 Å². The van der Waals surface area contributed by atoms with E-state index in [0.717, 1.165) is 33.8 Å². The van der Waals surface area contributed by atoms with Crippen molar-refractivity contribution < 1.29 is 4.52 Å². The molecule has 100 valence electrons. The lowest BCUT2D eigenvalue weighted by molar-refractivity contribution is 0.435. The van der Waals surface area contributed by atoms with E-state index in [1.165, 1.54) is 0 Å². The molecule has 0 amide bonds. The van der Waals surface area contributed by atoms with E-state index in [-0.39, 0.29) is 0 Å². The van der Waals surface area contributed by atoms with Gasteiger partial charge in [0, 0.05) is 35.6 Å². The largest absolute Gasteiger partial charge is 0.356 e. The SMILES string of the molecule is Cc1ccc(-c2cc(-c3ccc(CN)cc3)no2)cn1. The van der Waals surface area contributed by atoms with E-state index in [9.17, 15) is 0 Å². The highest BCUT2D eigenvalue weighted by Crippen LogP contribution is 2.25. The smallest absolute Gasteiger partial charge is 0.169 e. The monoisotopic (exact) mass is 265 g/mol. The number of benzene rings is 1. The van der Waals surface area contributed by atoms with Gasteiger partial charge in [0.2, 0.25) is 0 Å². The highest BCUT2D eigenvalue weighted by molar-refractivity contribution is 5.66. The maximum atomic E-state index is 5.59. The summed E-state index contributed by atoms with van der Waals surface area (Å²) in [6, 6.07) is 13.8. The van der Waals surface area contributed by atoms with E-state index in [4.69, 9.17) is 10.3 Å². The molecule has 0 aliphatic carbocycles. The Morgan fingerprint density at radius 1 is 1.05 bits per heavy atom. The first-order valence-electron chi connectivity index (χ1n) is 6.45. The second-order valence-electron chi connectivity index (χ2n) is 4.67. The number of pyridine rings is 1. The molecule has 0 spiro atoms. The minimum absolute atomic E-state index is 0.541. The Morgan fingerprint density at radius 3 is 2.45 bits per heavy atom. The van der Waals surface area contributed by atoms with Gasteiger partial charge >= 0.3 is 0 Å². The van der Waals surface area contributed by atoms with Gasteiger partial charge in [0.05, 0.1) is 0 Å². The molecular weight excluding hydrogens is 250 g/mol. The van der Waals surface area contributed by atoms with E-state index in [1.807, 2.05) is 49.4 Å². The van der Waals surface area contributed by atoms with Crippen LogP contribution in [-0.4, -0.2) is 10.1 Å². The molecule has 0 atom stereocenters. The topological polar surface area (TPSA) is 64.9 Å². The van der Waals surface area contributed by atoms with E-state index in [1.54, 1.807) is 6.20 Å². The highest BCUT2D eigenvalue weighted by atomic mass is 16.5. The van der Waals surface area contributed by atoms with Gasteiger partial charge < -0.3 is 10.3 Å². The molecule has 0 aliphatic heterocycles. The van der Waals surface area contributed by atoms with Gasteiger partial charge in [-0.25, -0.2) is 0 Å². The van der Waals surface area contributed by atoms with Crippen molar-refractivity contribution in [2.75, 3.05) is 0 Å². The number of hydrogen-bond acceptors (Lipinski definition) is 4. The fourth-order valence-electron chi connectivity index (χ4n) is 1.97. The van der Waals surface area contributed by atoms with E-state index in [0.29, 0.717) is 6.54 Å². The van der Waals surface area contributed by atoms with Crippen molar-refractivity contribution in [3.8, 4) is 22.6 Å². The molecule has 2 heterocycles. The standard InChI is InChI=1S/C16H15N3O/c1-11-2-5-14(10-18-11)16-8-15(19-20-16)13-6-3-12(9-17)4-7-13/h2-8,10H,9,17H2,1H3. The summed E-state index contributed by atoms with van der Waals surface area (Å²) in [6.07, 6.45) is 1.79. The molecule has 1 aromatic carbocycles. The van der Waals surface area contributed by atoms with Gasteiger partial charge in [-0.15, -0.1) is 0 Å². The number of aryl methyl sites for hydroxylation is 1. The summed E-state index contributed by atoms with van der Waals surface area (Å²) in [7, 11) is 0. The molecule has 2 N–H and O–H groups in total. The third-order valence-corrected chi connectivity index (χ3v) is 3.19. The van der Waals surface area contributed by atoms with Crippen LogP contribution in [0.3, 0.4) is 0 Å². The van der Waals surface area contributed by atoms with Crippen molar-refractivity contribution in [2.24, 2.45) is 5.73 Å². The number of nitrogens with zero attached hydrogens (tertiary/aromatic N) is 2. The molecule has 0 fully saturated rings. The Bertz CT molecular complexity index is 699. The quantitative estimate of drug-likeness (QED) is 0.790. The predicted molar refractivity (Wildman–Crippen MR) is 77.8 cm³/mol. The lowest BCUT2D eigenvalue weighted by atomic mass is 10.1. The van der Waals surface area contributed by atoms with Gasteiger partial charge in [-0.1, -0.05) is 29.4 Å². The predicted octanol–water partition coefficient (Wildman–Crippen LogP) is 3.17. The number of aromatic nitrogens is 2. The summed E-state index contributed by atoms with van der Waals surface area (Å²) in [5, 5.41) is 4.11. The molecule has 0 unspecified atom stereocenters. The average Bonchev–Trinajstić information content (AvgIpc) is 2.98. The zero-order chi connectivity index (χ0) is 13.9. The summed E-state index contributed by atoms with van der Waals surface area (Å²) >= 11 is 0. The molecule has 0 aliphatic rings. The third kappa shape index (κ3) is 2.46. The second kappa shape index (κ2) is 5.27. The molecule has 20 heavy (non-hydrogen) atoms. The van der Waals surface area contributed by atoms with Crippen LogP contribution in [-0.2, 0) is 6.54 Å². The normalized spacial score (nSPS) is 10.7. The fourth-order valence-corrected chi connectivity index (χ4v) is 1.97. The van der Waals surface area contributed by atoms with Crippen molar-refractivity contribution in [1.29, 1.82) is 0 Å². The number of hydrogen-bond donors (Lipinski definition) is 1. The molecule has 4 heteroatoms. The van der Waals surface area contributed by atoms with Crippen molar-refractivity contribution in [2.45, 2.75) is 13.5 Å². The molecule has 3 rings (SSSR count). The molecule has 4 nitrogen and oxygen atoms in total. The summed E-state index contributed by atoms with van der Waals surface area (Å²) in [5.74, 6) is 0.718. The van der Waals surface area contributed by atoms with Crippen LogP contribution in [0.5, 0.6) is 0 Å². The zero-order valence-electron chi connectivity index (χ0n) is 11.2. The summed E-state index contributed by atoms with van der Waals surface area (Å²) in [6.45, 7) is 2.49. The number of nitrogens with two attached hydrogens (primary N) is 1. The van der Waals surface area contributed by atoms with Crippen LogP contribution in [0.4, 0.5) is 0 Å². The third-order valence-electron chi connectivity index (χ3n) is 3.19. The minimum atomic E-state index is 0.541. The molecular formula is C16H15N3O. The van der Waals surface area contributed by atoms with Crippen LogP contribution in [0, 0.1) is 6.92 Å². The van der Waals surface area contributed by atoms with Crippen LogP contribution in [0.2, 0.25) is 0 Å². The summed E-state index contributed by atoms with van der Waals surface area (Å²) in [5.41, 5.74) is 10.4. The Labute approximate surface area is 117 Å². The van der Waals surface area contributed by atoms with Crippen molar-refractivity contribution >= 4 is 0 Å². The van der Waals surface area contributed by atoms with Crippen molar-refractivity contribution in [3.63, 3.8) is 0 Å². The van der Waals surface area contributed by atoms with Crippen LogP contribution >= 0.6 is 0 Å². The van der Waals surface area contributed by atoms with Gasteiger partial charge in [-0.2, -0.15) is 0 Å². The first-order valence-corrected chi connectivity index (χ1v) is 6.45. The maximum Gasteiger partial charge on any atom is 0.169 e. The van der Waals surface area contributed by atoms with E-state index < -0.39 is 0 Å². The first-order chi connectivity index (χ1) is 9.76. The average molecular weight is 265 g/mol. The van der Waals surface area contributed by atoms with Gasteiger partial charge in [0.1, 0.15) is 5.69 Å². The Balaban J connectivity index is 1.91. The molecule has 0 saturated carbocycles. The lowest BCUT2D eigenvalue weighted by Gasteiger charge is -1.98. The lowest BCUT2D eigenvalue weighted by Crippen LogP contribution is -1.95. The molecule has 0 saturated heterocycles. The first kappa shape index (κ1) is 12.6. The molecule has 2 aromatic heterocycles. The van der Waals surface area contributed by atoms with Crippen LogP contribution in [0.25, 0.3) is 22.6 Å².